The van der Waals surface area contributed by atoms with Gasteiger partial charge < -0.3 is 10.6 Å². The van der Waals surface area contributed by atoms with Gasteiger partial charge in [-0.2, -0.15) is 0 Å². The summed E-state index contributed by atoms with van der Waals surface area (Å²) in [6, 6.07) is 1.67. The summed E-state index contributed by atoms with van der Waals surface area (Å²) in [7, 11) is 0. The molecule has 0 fully saturated rings. The summed E-state index contributed by atoms with van der Waals surface area (Å²) in [4.78, 5) is 17.1. The van der Waals surface area contributed by atoms with E-state index in [-0.39, 0.29) is 41.5 Å². The molecule has 0 aliphatic carbocycles. The summed E-state index contributed by atoms with van der Waals surface area (Å²) in [5.41, 5.74) is 5.97. The minimum atomic E-state index is -2.69. The fourth-order valence-corrected chi connectivity index (χ4v) is 2.71. The number of nitrogens with two attached hydrogens (primary N) is 1. The van der Waals surface area contributed by atoms with Crippen molar-refractivity contribution in [2.24, 2.45) is 10.7 Å². The van der Waals surface area contributed by atoms with Gasteiger partial charge in [-0.05, 0) is 31.0 Å². The highest BCUT2D eigenvalue weighted by molar-refractivity contribution is 6.69. The first-order valence-corrected chi connectivity index (χ1v) is 7.81. The Labute approximate surface area is 147 Å². The van der Waals surface area contributed by atoms with Crippen molar-refractivity contribution in [3.8, 4) is 0 Å². The van der Waals surface area contributed by atoms with Gasteiger partial charge in [0, 0.05) is 18.2 Å². The topological polar surface area (TPSA) is 58.7 Å². The van der Waals surface area contributed by atoms with E-state index in [0.717, 1.165) is 23.1 Å². The van der Waals surface area contributed by atoms with Crippen LogP contribution in [0.15, 0.2) is 34.5 Å². The average molecular weight is 378 g/mol. The number of rotatable bonds is 5. The molecule has 2 N–H and O–H groups in total. The van der Waals surface area contributed by atoms with E-state index in [9.17, 15) is 22.4 Å². The number of hydrogen-bond acceptors (Lipinski definition) is 3. The van der Waals surface area contributed by atoms with Crippen LogP contribution in [0.5, 0.6) is 0 Å². The van der Waals surface area contributed by atoms with Gasteiger partial charge in [0.2, 0.25) is 0 Å². The van der Waals surface area contributed by atoms with E-state index in [1.807, 2.05) is 0 Å². The Morgan fingerprint density at radius 1 is 1.32 bits per heavy atom. The summed E-state index contributed by atoms with van der Waals surface area (Å²) in [5.74, 6) is -2.23. The lowest BCUT2D eigenvalue weighted by Crippen LogP contribution is -2.48. The molecule has 1 unspecified atom stereocenters. The molecule has 1 aliphatic heterocycles. The lowest BCUT2D eigenvalue weighted by atomic mass is 10.0. The molecule has 1 aromatic rings. The summed E-state index contributed by atoms with van der Waals surface area (Å²) in [5, 5.41) is -0.0835. The van der Waals surface area contributed by atoms with Crippen molar-refractivity contribution in [1.29, 1.82) is 0 Å². The average Bonchev–Trinajstić information content (AvgIpc) is 2.53. The number of nitrogens with zero attached hydrogens (tertiary/aromatic N) is 2. The van der Waals surface area contributed by atoms with Crippen molar-refractivity contribution in [3.63, 3.8) is 0 Å². The quantitative estimate of drug-likeness (QED) is 0.633. The van der Waals surface area contributed by atoms with Crippen LogP contribution in [-0.4, -0.2) is 35.0 Å². The van der Waals surface area contributed by atoms with Crippen LogP contribution in [0.25, 0.3) is 0 Å². The zero-order valence-electron chi connectivity index (χ0n) is 13.3. The highest BCUT2D eigenvalue weighted by Gasteiger charge is 2.33. The molecule has 1 atom stereocenters. The summed E-state index contributed by atoms with van der Waals surface area (Å²) in [6.07, 6.45) is -2.53. The van der Waals surface area contributed by atoms with Crippen LogP contribution >= 0.6 is 11.6 Å². The van der Waals surface area contributed by atoms with Gasteiger partial charge in [0.15, 0.2) is 0 Å². The molecule has 0 saturated carbocycles. The Bertz CT molecular complexity index is 716. The summed E-state index contributed by atoms with van der Waals surface area (Å²) >= 11 is 6.04. The van der Waals surface area contributed by atoms with Crippen molar-refractivity contribution < 1.29 is 22.4 Å². The molecule has 0 spiro atoms. The van der Waals surface area contributed by atoms with Crippen LogP contribution in [-0.2, 0) is 11.3 Å². The largest absolute Gasteiger partial charge is 0.394 e. The second kappa shape index (κ2) is 7.86. The number of benzene rings is 1. The van der Waals surface area contributed by atoms with Gasteiger partial charge in [0.1, 0.15) is 22.5 Å². The first-order valence-electron chi connectivity index (χ1n) is 7.43. The number of aliphatic imine (C=N–C) groups is 1. The molecular formula is C16H16ClF4N3O. The van der Waals surface area contributed by atoms with Gasteiger partial charge in [0.05, 0.1) is 12.6 Å². The molecule has 4 nitrogen and oxygen atoms in total. The number of halogens is 5. The smallest absolute Gasteiger partial charge is 0.270 e. The summed E-state index contributed by atoms with van der Waals surface area (Å²) in [6.45, 7) is 1.14. The van der Waals surface area contributed by atoms with Crippen LogP contribution < -0.4 is 5.73 Å². The molecule has 0 bridgehead atoms. The molecule has 1 aromatic carbocycles. The lowest BCUT2D eigenvalue weighted by molar-refractivity contribution is -0.133. The van der Waals surface area contributed by atoms with Gasteiger partial charge in [-0.3, -0.25) is 9.79 Å². The van der Waals surface area contributed by atoms with E-state index in [4.69, 9.17) is 17.3 Å². The molecule has 1 aliphatic rings. The Hall–Kier alpha value is -2.09. The number of carbonyl (C=O) groups excluding carboxylic acids is 1. The van der Waals surface area contributed by atoms with Crippen LogP contribution in [0.1, 0.15) is 18.9 Å². The highest BCUT2D eigenvalue weighted by atomic mass is 35.5. The van der Waals surface area contributed by atoms with Gasteiger partial charge >= 0.3 is 0 Å². The fourth-order valence-electron chi connectivity index (χ4n) is 2.45. The van der Waals surface area contributed by atoms with Crippen LogP contribution in [0.3, 0.4) is 0 Å². The third kappa shape index (κ3) is 4.50. The molecule has 1 amide bonds. The van der Waals surface area contributed by atoms with E-state index >= 15 is 0 Å². The van der Waals surface area contributed by atoms with Gasteiger partial charge in [-0.25, -0.2) is 17.6 Å². The zero-order valence-corrected chi connectivity index (χ0v) is 14.0. The van der Waals surface area contributed by atoms with Gasteiger partial charge in [-0.15, -0.1) is 0 Å². The van der Waals surface area contributed by atoms with E-state index in [1.165, 1.54) is 6.92 Å². The Morgan fingerprint density at radius 3 is 2.48 bits per heavy atom. The van der Waals surface area contributed by atoms with E-state index < -0.39 is 30.0 Å². The molecule has 25 heavy (non-hydrogen) atoms. The van der Waals surface area contributed by atoms with Crippen molar-refractivity contribution in [3.05, 3.63) is 46.7 Å². The van der Waals surface area contributed by atoms with E-state index in [2.05, 4.69) is 4.99 Å². The maximum Gasteiger partial charge on any atom is 0.270 e. The minimum absolute atomic E-state index is 0.0285. The lowest BCUT2D eigenvalue weighted by Gasteiger charge is -2.33. The first-order chi connectivity index (χ1) is 11.7. The predicted octanol–water partition coefficient (Wildman–Crippen LogP) is 3.20. The third-order valence-corrected chi connectivity index (χ3v) is 4.19. The molecule has 1 heterocycles. The van der Waals surface area contributed by atoms with Crippen molar-refractivity contribution in [2.75, 3.05) is 6.54 Å². The highest BCUT2D eigenvalue weighted by Crippen LogP contribution is 2.23. The minimum Gasteiger partial charge on any atom is -0.394 e. The molecule has 136 valence electrons. The molecular weight excluding hydrogens is 362 g/mol. The van der Waals surface area contributed by atoms with Crippen molar-refractivity contribution >= 4 is 22.7 Å². The second-order valence-corrected chi connectivity index (χ2v) is 5.96. The van der Waals surface area contributed by atoms with Crippen LogP contribution in [0.2, 0.25) is 0 Å². The second-order valence-electron chi connectivity index (χ2n) is 5.60. The Balaban J connectivity index is 2.18. The fraction of sp³-hybridized carbons (Fsp3) is 0.375. The Morgan fingerprint density at radius 2 is 1.92 bits per heavy atom. The molecule has 0 aromatic heterocycles. The zero-order chi connectivity index (χ0) is 18.7. The monoisotopic (exact) mass is 377 g/mol. The standard InChI is InChI=1S/C16H16ClF4N3O/c1-8(15(20)21)24-3-2-12(13(22)16(24)25)14(17)23-7-9-4-10(18)6-11(19)5-9/h4-6,8,15H,2-3,7,22H2,1H3. The predicted molar refractivity (Wildman–Crippen MR) is 86.4 cm³/mol. The third-order valence-electron chi connectivity index (χ3n) is 3.85. The maximum absolute atomic E-state index is 13.1. The number of carbonyl (C=O) groups is 1. The van der Waals surface area contributed by atoms with E-state index in [1.54, 1.807) is 0 Å². The van der Waals surface area contributed by atoms with Crippen molar-refractivity contribution in [2.45, 2.75) is 32.4 Å². The Kier molecular flexibility index (Phi) is 6.05. The number of alkyl halides is 2. The van der Waals surface area contributed by atoms with Crippen LogP contribution in [0, 0.1) is 11.6 Å². The molecule has 2 rings (SSSR count). The van der Waals surface area contributed by atoms with Crippen molar-refractivity contribution in [1.82, 2.24) is 4.90 Å². The van der Waals surface area contributed by atoms with Gasteiger partial charge in [0.25, 0.3) is 12.3 Å². The maximum atomic E-state index is 13.1. The number of hydrogen-bond donors (Lipinski definition) is 1. The van der Waals surface area contributed by atoms with Gasteiger partial charge in [-0.1, -0.05) is 11.6 Å². The molecule has 9 heteroatoms. The summed E-state index contributed by atoms with van der Waals surface area (Å²) < 4.78 is 51.8. The number of amides is 1. The normalized spacial score (nSPS) is 17.5. The SMILES string of the molecule is CC(C(F)F)N1CCC(C(Cl)=NCc2cc(F)cc(F)c2)=C(N)C1=O. The molecule has 0 radical (unpaired) electrons. The first kappa shape index (κ1) is 19.2. The van der Waals surface area contributed by atoms with E-state index in [0.29, 0.717) is 0 Å². The van der Waals surface area contributed by atoms with Crippen LogP contribution in [0.4, 0.5) is 17.6 Å². The molecule has 0 saturated heterocycles.